The maximum Gasteiger partial charge on any atom is 0.161 e. The summed E-state index contributed by atoms with van der Waals surface area (Å²) in [5, 5.41) is 0. The van der Waals surface area contributed by atoms with Crippen molar-refractivity contribution in [1.29, 1.82) is 0 Å². The Morgan fingerprint density at radius 2 is 2.08 bits per heavy atom. The molecule has 0 aromatic carbocycles. The minimum atomic E-state index is 0.284. The van der Waals surface area contributed by atoms with Gasteiger partial charge in [0.1, 0.15) is 0 Å². The van der Waals surface area contributed by atoms with E-state index in [0.717, 1.165) is 17.9 Å². The van der Waals surface area contributed by atoms with Crippen LogP contribution < -0.4 is 0 Å². The van der Waals surface area contributed by atoms with Crippen molar-refractivity contribution in [2.75, 3.05) is 0 Å². The Morgan fingerprint density at radius 1 is 1.31 bits per heavy atom. The van der Waals surface area contributed by atoms with Gasteiger partial charge in [-0.15, -0.1) is 0 Å². The smallest absolute Gasteiger partial charge is 0.161 e. The van der Waals surface area contributed by atoms with Crippen molar-refractivity contribution in [1.82, 2.24) is 0 Å². The van der Waals surface area contributed by atoms with Crippen molar-refractivity contribution in [2.24, 2.45) is 11.8 Å². The van der Waals surface area contributed by atoms with Crippen molar-refractivity contribution in [3.8, 4) is 0 Å². The van der Waals surface area contributed by atoms with Crippen LogP contribution in [0.4, 0.5) is 0 Å². The van der Waals surface area contributed by atoms with Gasteiger partial charge in [-0.3, -0.25) is 4.79 Å². The molecule has 0 aliphatic heterocycles. The predicted molar refractivity (Wildman–Crippen MR) is 53.4 cm³/mol. The topological polar surface area (TPSA) is 17.1 Å². The SMILES string of the molecule is CC1=C2CCCCC2CC(C)C1=O. The fourth-order valence-corrected chi connectivity index (χ4v) is 2.90. The molecule has 0 radical (unpaired) electrons. The molecule has 13 heavy (non-hydrogen) atoms. The lowest BCUT2D eigenvalue weighted by atomic mass is 9.71. The van der Waals surface area contributed by atoms with Gasteiger partial charge in [0.25, 0.3) is 0 Å². The van der Waals surface area contributed by atoms with Crippen LogP contribution in [0.3, 0.4) is 0 Å². The number of rotatable bonds is 0. The Balaban J connectivity index is 2.31. The first-order valence-electron chi connectivity index (χ1n) is 5.44. The second-order valence-electron chi connectivity index (χ2n) is 4.59. The van der Waals surface area contributed by atoms with Crippen molar-refractivity contribution < 1.29 is 4.79 Å². The van der Waals surface area contributed by atoms with Gasteiger partial charge in [0, 0.05) is 5.92 Å². The average Bonchev–Trinajstić information content (AvgIpc) is 2.15. The van der Waals surface area contributed by atoms with Gasteiger partial charge >= 0.3 is 0 Å². The molecule has 72 valence electrons. The van der Waals surface area contributed by atoms with E-state index in [0.29, 0.717) is 5.78 Å². The van der Waals surface area contributed by atoms with E-state index in [-0.39, 0.29) is 5.92 Å². The van der Waals surface area contributed by atoms with Crippen LogP contribution in [0.25, 0.3) is 0 Å². The molecule has 2 unspecified atom stereocenters. The van der Waals surface area contributed by atoms with Crippen LogP contribution in [0.5, 0.6) is 0 Å². The van der Waals surface area contributed by atoms with Gasteiger partial charge < -0.3 is 0 Å². The van der Waals surface area contributed by atoms with Gasteiger partial charge in [-0.2, -0.15) is 0 Å². The molecule has 1 fully saturated rings. The van der Waals surface area contributed by atoms with Crippen LogP contribution >= 0.6 is 0 Å². The summed E-state index contributed by atoms with van der Waals surface area (Å²) in [5.41, 5.74) is 2.60. The molecule has 0 amide bonds. The zero-order valence-corrected chi connectivity index (χ0v) is 8.60. The van der Waals surface area contributed by atoms with E-state index < -0.39 is 0 Å². The summed E-state index contributed by atoms with van der Waals surface area (Å²) in [7, 11) is 0. The Labute approximate surface area is 80.2 Å². The molecule has 0 aromatic rings. The Hall–Kier alpha value is -0.590. The number of allylic oxidation sites excluding steroid dienone is 2. The minimum Gasteiger partial charge on any atom is -0.294 e. The third-order valence-electron chi connectivity index (χ3n) is 3.68. The zero-order valence-electron chi connectivity index (χ0n) is 8.60. The van der Waals surface area contributed by atoms with E-state index in [1.54, 1.807) is 0 Å². The molecule has 0 bridgehead atoms. The first-order valence-corrected chi connectivity index (χ1v) is 5.44. The first kappa shape index (κ1) is 8.98. The fourth-order valence-electron chi connectivity index (χ4n) is 2.90. The second-order valence-corrected chi connectivity index (χ2v) is 4.59. The lowest BCUT2D eigenvalue weighted by molar-refractivity contribution is -0.119. The summed E-state index contributed by atoms with van der Waals surface area (Å²) in [5.74, 6) is 1.45. The van der Waals surface area contributed by atoms with Crippen molar-refractivity contribution in [3.63, 3.8) is 0 Å². The maximum absolute atomic E-state index is 11.7. The summed E-state index contributed by atoms with van der Waals surface area (Å²) in [4.78, 5) is 11.7. The van der Waals surface area contributed by atoms with E-state index in [2.05, 4.69) is 6.92 Å². The highest BCUT2D eigenvalue weighted by Crippen LogP contribution is 2.40. The second kappa shape index (κ2) is 3.28. The van der Waals surface area contributed by atoms with Crippen LogP contribution in [0.15, 0.2) is 11.1 Å². The van der Waals surface area contributed by atoms with E-state index in [1.165, 1.54) is 31.3 Å². The van der Waals surface area contributed by atoms with Gasteiger partial charge in [-0.1, -0.05) is 18.9 Å². The van der Waals surface area contributed by atoms with Gasteiger partial charge in [-0.25, -0.2) is 0 Å². The number of Topliss-reactive ketones (excluding diaryl/α,β-unsaturated/α-hetero) is 1. The number of hydrogen-bond acceptors (Lipinski definition) is 1. The Kier molecular flexibility index (Phi) is 2.27. The van der Waals surface area contributed by atoms with E-state index >= 15 is 0 Å². The van der Waals surface area contributed by atoms with E-state index in [9.17, 15) is 4.79 Å². The first-order chi connectivity index (χ1) is 6.20. The van der Waals surface area contributed by atoms with Crippen molar-refractivity contribution in [2.45, 2.75) is 46.0 Å². The standard InChI is InChI=1S/C12H18O/c1-8-7-10-5-3-4-6-11(10)9(2)12(8)13/h8,10H,3-7H2,1-2H3. The van der Waals surface area contributed by atoms with Crippen LogP contribution in [-0.4, -0.2) is 5.78 Å². The molecular formula is C12H18O. The lowest BCUT2D eigenvalue weighted by Gasteiger charge is -2.33. The molecule has 0 aromatic heterocycles. The summed E-state index contributed by atoms with van der Waals surface area (Å²) in [6, 6.07) is 0. The molecule has 2 aliphatic carbocycles. The molecule has 2 rings (SSSR count). The quantitative estimate of drug-likeness (QED) is 0.557. The predicted octanol–water partition coefficient (Wildman–Crippen LogP) is 3.10. The highest BCUT2D eigenvalue weighted by Gasteiger charge is 2.31. The molecule has 2 aliphatic rings. The highest BCUT2D eigenvalue weighted by atomic mass is 16.1. The minimum absolute atomic E-state index is 0.284. The highest BCUT2D eigenvalue weighted by molar-refractivity contribution is 5.98. The Bertz CT molecular complexity index is 262. The van der Waals surface area contributed by atoms with Gasteiger partial charge in [0.05, 0.1) is 0 Å². The van der Waals surface area contributed by atoms with Crippen LogP contribution in [-0.2, 0) is 4.79 Å². The van der Waals surface area contributed by atoms with Crippen LogP contribution in [0.2, 0.25) is 0 Å². The summed E-state index contributed by atoms with van der Waals surface area (Å²) < 4.78 is 0. The third kappa shape index (κ3) is 1.45. The van der Waals surface area contributed by atoms with E-state index in [1.807, 2.05) is 6.92 Å². The molecule has 1 heteroatoms. The van der Waals surface area contributed by atoms with Gasteiger partial charge in [0.15, 0.2) is 5.78 Å². The van der Waals surface area contributed by atoms with Gasteiger partial charge in [-0.05, 0) is 44.1 Å². The number of fused-ring (bicyclic) bond motifs is 1. The number of hydrogen-bond donors (Lipinski definition) is 0. The normalized spacial score (nSPS) is 34.8. The lowest BCUT2D eigenvalue weighted by Crippen LogP contribution is -2.27. The molecule has 0 saturated heterocycles. The van der Waals surface area contributed by atoms with Crippen molar-refractivity contribution >= 4 is 5.78 Å². The zero-order chi connectivity index (χ0) is 9.42. The Morgan fingerprint density at radius 3 is 2.85 bits per heavy atom. The number of carbonyl (C=O) groups is 1. The van der Waals surface area contributed by atoms with Gasteiger partial charge in [0.2, 0.25) is 0 Å². The maximum atomic E-state index is 11.7. The third-order valence-corrected chi connectivity index (χ3v) is 3.68. The van der Waals surface area contributed by atoms with Crippen LogP contribution in [0.1, 0.15) is 46.0 Å². The molecule has 0 spiro atoms. The molecule has 1 saturated carbocycles. The summed E-state index contributed by atoms with van der Waals surface area (Å²) in [6.07, 6.45) is 6.29. The molecule has 0 N–H and O–H groups in total. The molecule has 1 nitrogen and oxygen atoms in total. The fraction of sp³-hybridized carbons (Fsp3) is 0.750. The summed E-state index contributed by atoms with van der Waals surface area (Å²) in [6.45, 7) is 4.11. The molecule has 2 atom stereocenters. The summed E-state index contributed by atoms with van der Waals surface area (Å²) >= 11 is 0. The average molecular weight is 178 g/mol. The van der Waals surface area contributed by atoms with Crippen molar-refractivity contribution in [3.05, 3.63) is 11.1 Å². The number of carbonyl (C=O) groups excluding carboxylic acids is 1. The monoisotopic (exact) mass is 178 g/mol. The van der Waals surface area contributed by atoms with E-state index in [4.69, 9.17) is 0 Å². The largest absolute Gasteiger partial charge is 0.294 e. The number of ketones is 1. The molecule has 0 heterocycles. The molecular weight excluding hydrogens is 160 g/mol. The van der Waals surface area contributed by atoms with Crippen LogP contribution in [0, 0.1) is 11.8 Å².